The zero-order chi connectivity index (χ0) is 15.2. The topological polar surface area (TPSA) is 48.4 Å². The molecule has 108 valence electrons. The van der Waals surface area contributed by atoms with Crippen molar-refractivity contribution in [1.82, 2.24) is 4.98 Å². The Morgan fingerprint density at radius 3 is 2.76 bits per heavy atom. The van der Waals surface area contributed by atoms with Gasteiger partial charge in [0.05, 0.1) is 6.61 Å². The van der Waals surface area contributed by atoms with Crippen LogP contribution in [-0.2, 0) is 4.74 Å². The van der Waals surface area contributed by atoms with E-state index in [4.69, 9.17) is 15.9 Å². The lowest BCUT2D eigenvalue weighted by atomic mass is 10.2. The summed E-state index contributed by atoms with van der Waals surface area (Å²) in [7, 11) is 0. The highest BCUT2D eigenvalue weighted by Crippen LogP contribution is 2.26. The highest BCUT2D eigenvalue weighted by molar-refractivity contribution is 7.13. The number of nitrogens with zero attached hydrogens (tertiary/aromatic N) is 1. The summed E-state index contributed by atoms with van der Waals surface area (Å²) in [6.45, 7) is 4.20. The number of terminal acetylenes is 1. The standard InChI is InChI=1S/C16H15NO3S/c1-4-11(3)20-16(18)14-10-21-15(17-14)12-6-8-13(9-7-12)19-5-2/h1,6-11H,5H2,2-3H3. The Bertz CT molecular complexity index is 655. The van der Waals surface area contributed by atoms with E-state index >= 15 is 0 Å². The zero-order valence-electron chi connectivity index (χ0n) is 11.8. The van der Waals surface area contributed by atoms with Gasteiger partial charge in [0.25, 0.3) is 0 Å². The molecule has 0 saturated carbocycles. The molecule has 2 aromatic rings. The summed E-state index contributed by atoms with van der Waals surface area (Å²) in [5.41, 5.74) is 1.19. The number of ether oxygens (including phenoxy) is 2. The summed E-state index contributed by atoms with van der Waals surface area (Å²) in [4.78, 5) is 16.1. The Morgan fingerprint density at radius 1 is 1.43 bits per heavy atom. The van der Waals surface area contributed by atoms with Crippen LogP contribution in [0.15, 0.2) is 29.6 Å². The maximum Gasteiger partial charge on any atom is 0.359 e. The number of hydrogen-bond acceptors (Lipinski definition) is 5. The van der Waals surface area contributed by atoms with Crippen molar-refractivity contribution >= 4 is 17.3 Å². The van der Waals surface area contributed by atoms with E-state index in [0.717, 1.165) is 16.3 Å². The van der Waals surface area contributed by atoms with Crippen molar-refractivity contribution in [2.75, 3.05) is 6.61 Å². The molecule has 0 aliphatic heterocycles. The molecule has 2 rings (SSSR count). The van der Waals surface area contributed by atoms with Gasteiger partial charge in [-0.05, 0) is 38.1 Å². The number of rotatable bonds is 5. The van der Waals surface area contributed by atoms with Gasteiger partial charge in [0, 0.05) is 10.9 Å². The van der Waals surface area contributed by atoms with E-state index in [1.165, 1.54) is 11.3 Å². The Balaban J connectivity index is 2.12. The first-order chi connectivity index (χ1) is 10.1. The van der Waals surface area contributed by atoms with Crippen LogP contribution in [0, 0.1) is 12.3 Å². The second kappa shape index (κ2) is 6.91. The van der Waals surface area contributed by atoms with Crippen molar-refractivity contribution in [3.05, 3.63) is 35.3 Å². The number of benzene rings is 1. The average molecular weight is 301 g/mol. The summed E-state index contributed by atoms with van der Waals surface area (Å²) in [5, 5.41) is 2.41. The van der Waals surface area contributed by atoms with E-state index < -0.39 is 12.1 Å². The quantitative estimate of drug-likeness (QED) is 0.627. The molecule has 0 fully saturated rings. The monoisotopic (exact) mass is 301 g/mol. The van der Waals surface area contributed by atoms with Crippen molar-refractivity contribution in [1.29, 1.82) is 0 Å². The normalized spacial score (nSPS) is 11.5. The molecule has 0 N–H and O–H groups in total. The molecule has 0 radical (unpaired) electrons. The largest absolute Gasteiger partial charge is 0.494 e. The first-order valence-electron chi connectivity index (χ1n) is 6.50. The lowest BCUT2D eigenvalue weighted by Crippen LogP contribution is -2.13. The van der Waals surface area contributed by atoms with Crippen molar-refractivity contribution in [3.63, 3.8) is 0 Å². The number of hydrogen-bond donors (Lipinski definition) is 0. The van der Waals surface area contributed by atoms with Crippen molar-refractivity contribution in [3.8, 4) is 28.7 Å². The maximum atomic E-state index is 11.8. The molecule has 1 unspecified atom stereocenters. The van der Waals surface area contributed by atoms with Crippen LogP contribution in [0.1, 0.15) is 24.3 Å². The minimum absolute atomic E-state index is 0.269. The van der Waals surface area contributed by atoms with Gasteiger partial charge in [0.2, 0.25) is 0 Å². The molecular weight excluding hydrogens is 286 g/mol. The fourth-order valence-corrected chi connectivity index (χ4v) is 2.41. The van der Waals surface area contributed by atoms with Gasteiger partial charge in [-0.3, -0.25) is 0 Å². The smallest absolute Gasteiger partial charge is 0.359 e. The number of thiazole rings is 1. The molecule has 1 atom stereocenters. The molecule has 0 bridgehead atoms. The molecular formula is C16H15NO3S. The molecule has 0 aliphatic rings. The van der Waals surface area contributed by atoms with Crippen LogP contribution in [0.2, 0.25) is 0 Å². The predicted molar refractivity (Wildman–Crippen MR) is 82.4 cm³/mol. The highest BCUT2D eigenvalue weighted by atomic mass is 32.1. The third-order valence-electron chi connectivity index (χ3n) is 2.64. The van der Waals surface area contributed by atoms with Gasteiger partial charge in [-0.2, -0.15) is 0 Å². The van der Waals surface area contributed by atoms with E-state index in [2.05, 4.69) is 10.9 Å². The first-order valence-corrected chi connectivity index (χ1v) is 7.38. The van der Waals surface area contributed by atoms with Gasteiger partial charge in [0.15, 0.2) is 11.8 Å². The van der Waals surface area contributed by atoms with Crippen LogP contribution in [0.25, 0.3) is 10.6 Å². The second-order valence-electron chi connectivity index (χ2n) is 4.21. The van der Waals surface area contributed by atoms with Gasteiger partial charge >= 0.3 is 5.97 Å². The van der Waals surface area contributed by atoms with Gasteiger partial charge in [-0.25, -0.2) is 9.78 Å². The minimum Gasteiger partial charge on any atom is -0.494 e. The molecule has 0 spiro atoms. The zero-order valence-corrected chi connectivity index (χ0v) is 12.6. The van der Waals surface area contributed by atoms with Crippen LogP contribution in [-0.4, -0.2) is 23.7 Å². The number of aromatic nitrogens is 1. The number of carbonyl (C=O) groups is 1. The van der Waals surface area contributed by atoms with E-state index in [1.807, 2.05) is 31.2 Å². The molecule has 1 heterocycles. The third kappa shape index (κ3) is 3.83. The molecule has 0 aliphatic carbocycles. The van der Waals surface area contributed by atoms with E-state index in [-0.39, 0.29) is 5.69 Å². The molecule has 4 nitrogen and oxygen atoms in total. The van der Waals surface area contributed by atoms with E-state index in [9.17, 15) is 4.79 Å². The predicted octanol–water partition coefficient (Wildman–Crippen LogP) is 3.39. The molecule has 0 saturated heterocycles. The summed E-state index contributed by atoms with van der Waals surface area (Å²) in [6, 6.07) is 7.56. The lowest BCUT2D eigenvalue weighted by molar-refractivity contribution is 0.0433. The van der Waals surface area contributed by atoms with Crippen LogP contribution in [0.5, 0.6) is 5.75 Å². The van der Waals surface area contributed by atoms with Crippen molar-refractivity contribution < 1.29 is 14.3 Å². The molecule has 1 aromatic carbocycles. The lowest BCUT2D eigenvalue weighted by Gasteiger charge is -2.04. The Hall–Kier alpha value is -2.32. The fraction of sp³-hybridized carbons (Fsp3) is 0.250. The Labute approximate surface area is 127 Å². The molecule has 0 amide bonds. The van der Waals surface area contributed by atoms with Gasteiger partial charge in [-0.15, -0.1) is 17.8 Å². The summed E-state index contributed by atoms with van der Waals surface area (Å²) >= 11 is 1.38. The highest BCUT2D eigenvalue weighted by Gasteiger charge is 2.15. The minimum atomic E-state index is -0.562. The molecule has 5 heteroatoms. The van der Waals surface area contributed by atoms with Crippen molar-refractivity contribution in [2.24, 2.45) is 0 Å². The maximum absolute atomic E-state index is 11.8. The molecule has 1 aromatic heterocycles. The summed E-state index contributed by atoms with van der Waals surface area (Å²) in [6.07, 6.45) is 4.61. The first kappa shape index (κ1) is 15.1. The number of carbonyl (C=O) groups excluding carboxylic acids is 1. The summed E-state index contributed by atoms with van der Waals surface area (Å²) < 4.78 is 10.4. The van der Waals surface area contributed by atoms with Crippen LogP contribution in [0.3, 0.4) is 0 Å². The third-order valence-corrected chi connectivity index (χ3v) is 3.54. The summed E-state index contributed by atoms with van der Waals surface area (Å²) in [5.74, 6) is 2.64. The SMILES string of the molecule is C#CC(C)OC(=O)c1csc(-c2ccc(OCC)cc2)n1. The number of esters is 1. The fourth-order valence-electron chi connectivity index (χ4n) is 1.62. The molecule has 21 heavy (non-hydrogen) atoms. The Kier molecular flexibility index (Phi) is 4.96. The second-order valence-corrected chi connectivity index (χ2v) is 5.07. The van der Waals surface area contributed by atoms with E-state index in [1.54, 1.807) is 12.3 Å². The van der Waals surface area contributed by atoms with Gasteiger partial charge in [-0.1, -0.05) is 5.92 Å². The van der Waals surface area contributed by atoms with Gasteiger partial charge in [0.1, 0.15) is 10.8 Å². The van der Waals surface area contributed by atoms with Gasteiger partial charge < -0.3 is 9.47 Å². The van der Waals surface area contributed by atoms with Crippen LogP contribution >= 0.6 is 11.3 Å². The van der Waals surface area contributed by atoms with Crippen LogP contribution < -0.4 is 4.74 Å². The average Bonchev–Trinajstić information content (AvgIpc) is 2.98. The van der Waals surface area contributed by atoms with E-state index in [0.29, 0.717) is 6.61 Å². The van der Waals surface area contributed by atoms with Crippen LogP contribution in [0.4, 0.5) is 0 Å². The van der Waals surface area contributed by atoms with Crippen molar-refractivity contribution in [2.45, 2.75) is 20.0 Å². The Morgan fingerprint density at radius 2 is 2.14 bits per heavy atom.